The first-order valence-electron chi connectivity index (χ1n) is 7.36. The number of hydrogen-bond acceptors (Lipinski definition) is 3. The van der Waals surface area contributed by atoms with Crippen LogP contribution in [0.15, 0.2) is 0 Å². The summed E-state index contributed by atoms with van der Waals surface area (Å²) in [6, 6.07) is 0.105. The van der Waals surface area contributed by atoms with Gasteiger partial charge in [-0.25, -0.2) is 4.79 Å². The third-order valence-electron chi connectivity index (χ3n) is 3.74. The van der Waals surface area contributed by atoms with Crippen molar-refractivity contribution in [1.82, 2.24) is 4.90 Å². The molecule has 2 unspecified atom stereocenters. The van der Waals surface area contributed by atoms with E-state index in [9.17, 15) is 9.90 Å². The summed E-state index contributed by atoms with van der Waals surface area (Å²) in [5.74, 6) is 0.492. The van der Waals surface area contributed by atoms with E-state index in [0.29, 0.717) is 5.92 Å². The van der Waals surface area contributed by atoms with Crippen molar-refractivity contribution in [2.24, 2.45) is 11.8 Å². The molecule has 1 saturated heterocycles. The maximum atomic E-state index is 12.3. The highest BCUT2D eigenvalue weighted by molar-refractivity contribution is 5.68. The van der Waals surface area contributed by atoms with Gasteiger partial charge >= 0.3 is 6.09 Å². The first-order chi connectivity index (χ1) is 8.76. The molecule has 1 heterocycles. The number of ether oxygens (including phenoxy) is 1. The molecule has 0 aromatic rings. The van der Waals surface area contributed by atoms with Crippen molar-refractivity contribution in [3.8, 4) is 0 Å². The van der Waals surface area contributed by atoms with Gasteiger partial charge in [0.15, 0.2) is 0 Å². The van der Waals surface area contributed by atoms with Gasteiger partial charge in [0.1, 0.15) is 5.60 Å². The summed E-state index contributed by atoms with van der Waals surface area (Å²) in [6.07, 6.45) is 2.86. The van der Waals surface area contributed by atoms with Crippen molar-refractivity contribution in [2.75, 3.05) is 13.2 Å². The number of aliphatic hydroxyl groups excluding tert-OH is 1. The number of piperidine rings is 1. The summed E-state index contributed by atoms with van der Waals surface area (Å²) >= 11 is 0. The predicted molar refractivity (Wildman–Crippen MR) is 76.0 cm³/mol. The van der Waals surface area contributed by atoms with Crippen LogP contribution in [0.3, 0.4) is 0 Å². The van der Waals surface area contributed by atoms with E-state index in [4.69, 9.17) is 4.74 Å². The number of likely N-dealkylation sites (tertiary alicyclic amines) is 1. The minimum atomic E-state index is -0.467. The van der Waals surface area contributed by atoms with Crippen LogP contribution in [0.1, 0.15) is 53.9 Å². The molecule has 1 amide bonds. The van der Waals surface area contributed by atoms with Crippen molar-refractivity contribution in [3.63, 3.8) is 0 Å². The van der Waals surface area contributed by atoms with Crippen molar-refractivity contribution in [3.05, 3.63) is 0 Å². The molecule has 0 saturated carbocycles. The highest BCUT2D eigenvalue weighted by Gasteiger charge is 2.36. The van der Waals surface area contributed by atoms with Crippen LogP contribution in [-0.2, 0) is 4.74 Å². The molecule has 0 bridgehead atoms. The lowest BCUT2D eigenvalue weighted by Gasteiger charge is -2.41. The average Bonchev–Trinajstić information content (AvgIpc) is 2.27. The van der Waals surface area contributed by atoms with Crippen LogP contribution in [0.25, 0.3) is 0 Å². The lowest BCUT2D eigenvalue weighted by Crippen LogP contribution is -2.51. The van der Waals surface area contributed by atoms with Crippen LogP contribution in [0.2, 0.25) is 0 Å². The monoisotopic (exact) mass is 271 g/mol. The zero-order chi connectivity index (χ0) is 14.6. The lowest BCUT2D eigenvalue weighted by molar-refractivity contribution is -0.00921. The molecule has 19 heavy (non-hydrogen) atoms. The van der Waals surface area contributed by atoms with E-state index in [1.54, 1.807) is 0 Å². The summed E-state index contributed by atoms with van der Waals surface area (Å²) in [6.45, 7) is 10.7. The second-order valence-corrected chi connectivity index (χ2v) is 6.83. The predicted octanol–water partition coefficient (Wildman–Crippen LogP) is 3.04. The van der Waals surface area contributed by atoms with E-state index in [1.165, 1.54) is 0 Å². The molecule has 1 aliphatic rings. The van der Waals surface area contributed by atoms with Gasteiger partial charge in [-0.2, -0.15) is 0 Å². The maximum absolute atomic E-state index is 12.3. The van der Waals surface area contributed by atoms with Crippen LogP contribution in [0.4, 0.5) is 4.79 Å². The zero-order valence-electron chi connectivity index (χ0n) is 13.0. The molecular weight excluding hydrogens is 242 g/mol. The van der Waals surface area contributed by atoms with Gasteiger partial charge in [0.25, 0.3) is 0 Å². The Morgan fingerprint density at radius 1 is 1.37 bits per heavy atom. The van der Waals surface area contributed by atoms with E-state index < -0.39 is 5.60 Å². The van der Waals surface area contributed by atoms with Crippen LogP contribution in [0, 0.1) is 11.8 Å². The van der Waals surface area contributed by atoms with Crippen LogP contribution in [0.5, 0.6) is 0 Å². The highest BCUT2D eigenvalue weighted by Crippen LogP contribution is 2.29. The fraction of sp³-hybridized carbons (Fsp3) is 0.933. The Balaban J connectivity index is 2.79. The molecule has 1 aliphatic heterocycles. The molecule has 4 heteroatoms. The van der Waals surface area contributed by atoms with Gasteiger partial charge in [0, 0.05) is 25.1 Å². The summed E-state index contributed by atoms with van der Waals surface area (Å²) in [4.78, 5) is 14.1. The standard InChI is InChI=1S/C15H29NO3/c1-11(2)12(10-17)13-8-6-7-9-16(13)14(18)19-15(3,4)5/h11-13,17H,6-10H2,1-5H3. The van der Waals surface area contributed by atoms with Gasteiger partial charge in [-0.1, -0.05) is 13.8 Å². The van der Waals surface area contributed by atoms with Crippen LogP contribution in [-0.4, -0.2) is 40.9 Å². The molecule has 112 valence electrons. The Bertz CT molecular complexity index is 296. The van der Waals surface area contributed by atoms with Gasteiger partial charge in [-0.3, -0.25) is 0 Å². The maximum Gasteiger partial charge on any atom is 0.410 e. The number of carbonyl (C=O) groups excluding carboxylic acids is 1. The Morgan fingerprint density at radius 3 is 2.47 bits per heavy atom. The van der Waals surface area contributed by atoms with Crippen molar-refractivity contribution in [1.29, 1.82) is 0 Å². The van der Waals surface area contributed by atoms with Gasteiger partial charge in [0.05, 0.1) is 0 Å². The lowest BCUT2D eigenvalue weighted by atomic mass is 9.83. The summed E-state index contributed by atoms with van der Waals surface area (Å²) in [7, 11) is 0. The van der Waals surface area contributed by atoms with Crippen LogP contribution >= 0.6 is 0 Å². The second kappa shape index (κ2) is 6.60. The summed E-state index contributed by atoms with van der Waals surface area (Å²) in [5, 5.41) is 9.60. The Hall–Kier alpha value is -0.770. The van der Waals surface area contributed by atoms with E-state index in [0.717, 1.165) is 25.8 Å². The second-order valence-electron chi connectivity index (χ2n) is 6.83. The molecule has 2 atom stereocenters. The summed E-state index contributed by atoms with van der Waals surface area (Å²) in [5.41, 5.74) is -0.467. The van der Waals surface area contributed by atoms with Gasteiger partial charge < -0.3 is 14.7 Å². The normalized spacial score (nSPS) is 22.5. The highest BCUT2D eigenvalue weighted by atomic mass is 16.6. The van der Waals surface area contributed by atoms with Gasteiger partial charge in [-0.15, -0.1) is 0 Å². The molecule has 0 radical (unpaired) electrons. The molecule has 0 aromatic carbocycles. The molecule has 1 N–H and O–H groups in total. The molecular formula is C15H29NO3. The van der Waals surface area contributed by atoms with Crippen molar-refractivity contribution < 1.29 is 14.6 Å². The summed E-state index contributed by atoms with van der Waals surface area (Å²) < 4.78 is 5.49. The number of rotatable bonds is 3. The molecule has 0 aromatic heterocycles. The molecule has 1 fully saturated rings. The topological polar surface area (TPSA) is 49.8 Å². The molecule has 0 aliphatic carbocycles. The van der Waals surface area contributed by atoms with Crippen molar-refractivity contribution in [2.45, 2.75) is 65.5 Å². The number of aliphatic hydroxyl groups is 1. The SMILES string of the molecule is CC(C)C(CO)C1CCCCN1C(=O)OC(C)(C)C. The smallest absolute Gasteiger partial charge is 0.410 e. The quantitative estimate of drug-likeness (QED) is 0.858. The third-order valence-corrected chi connectivity index (χ3v) is 3.74. The third kappa shape index (κ3) is 4.68. The number of nitrogens with zero attached hydrogens (tertiary/aromatic N) is 1. The molecule has 1 rings (SSSR count). The zero-order valence-corrected chi connectivity index (χ0v) is 13.0. The molecule has 4 nitrogen and oxygen atoms in total. The number of hydrogen-bond donors (Lipinski definition) is 1. The minimum Gasteiger partial charge on any atom is -0.444 e. The first kappa shape index (κ1) is 16.3. The van der Waals surface area contributed by atoms with Gasteiger partial charge in [-0.05, 0) is 46.0 Å². The minimum absolute atomic E-state index is 0.105. The first-order valence-corrected chi connectivity index (χ1v) is 7.36. The average molecular weight is 271 g/mol. The van der Waals surface area contributed by atoms with E-state index >= 15 is 0 Å². The Morgan fingerprint density at radius 2 is 2.00 bits per heavy atom. The fourth-order valence-electron chi connectivity index (χ4n) is 2.73. The number of amides is 1. The van der Waals surface area contributed by atoms with E-state index in [1.807, 2.05) is 25.7 Å². The van der Waals surface area contributed by atoms with E-state index in [2.05, 4.69) is 13.8 Å². The van der Waals surface area contributed by atoms with E-state index in [-0.39, 0.29) is 24.7 Å². The fourth-order valence-corrected chi connectivity index (χ4v) is 2.73. The largest absolute Gasteiger partial charge is 0.444 e. The van der Waals surface area contributed by atoms with Gasteiger partial charge in [0.2, 0.25) is 0 Å². The Labute approximate surface area is 117 Å². The molecule has 0 spiro atoms. The number of carbonyl (C=O) groups is 1. The Kier molecular flexibility index (Phi) is 5.65. The van der Waals surface area contributed by atoms with Crippen LogP contribution < -0.4 is 0 Å². The van der Waals surface area contributed by atoms with Crippen molar-refractivity contribution >= 4 is 6.09 Å².